The Hall–Kier alpha value is -2.27. The molecule has 5 nitrogen and oxygen atoms in total. The molecule has 1 aromatic carbocycles. The Labute approximate surface area is 126 Å². The van der Waals surface area contributed by atoms with Crippen molar-refractivity contribution in [3.05, 3.63) is 52.3 Å². The molecule has 0 saturated heterocycles. The monoisotopic (exact) mass is 306 g/mol. The number of carbonyl (C=O) groups is 2. The molecule has 110 valence electrons. The van der Waals surface area contributed by atoms with Crippen LogP contribution in [0.15, 0.2) is 30.5 Å². The van der Waals surface area contributed by atoms with E-state index >= 15 is 0 Å². The topological polar surface area (TPSA) is 82.2 Å². The van der Waals surface area contributed by atoms with E-state index < -0.39 is 5.97 Å². The van der Waals surface area contributed by atoms with Crippen molar-refractivity contribution in [1.29, 1.82) is 0 Å². The molecular weight excluding hydrogens is 292 g/mol. The number of carboxylic acid groups (broad SMARTS) is 1. The molecule has 0 aliphatic carbocycles. The molecule has 0 spiro atoms. The van der Waals surface area contributed by atoms with Gasteiger partial charge in [-0.2, -0.15) is 0 Å². The van der Waals surface area contributed by atoms with Crippen molar-refractivity contribution in [3.8, 4) is 0 Å². The van der Waals surface area contributed by atoms with Crippen LogP contribution in [0.2, 0.25) is 5.02 Å². The van der Waals surface area contributed by atoms with Crippen LogP contribution >= 0.6 is 11.6 Å². The molecule has 0 unspecified atom stereocenters. The van der Waals surface area contributed by atoms with Crippen LogP contribution in [0.4, 0.5) is 5.69 Å². The largest absolute Gasteiger partial charge is 0.478 e. The molecule has 0 aliphatic rings. The molecule has 3 N–H and O–H groups in total. The Bertz CT molecular complexity index is 679. The van der Waals surface area contributed by atoms with Gasteiger partial charge in [0.15, 0.2) is 0 Å². The summed E-state index contributed by atoms with van der Waals surface area (Å²) in [4.78, 5) is 25.8. The lowest BCUT2D eigenvalue weighted by atomic mass is 10.1. The summed E-state index contributed by atoms with van der Waals surface area (Å²) in [5.74, 6) is -1.33. The quantitative estimate of drug-likeness (QED) is 0.793. The minimum Gasteiger partial charge on any atom is -0.478 e. The van der Waals surface area contributed by atoms with Crippen molar-refractivity contribution in [2.45, 2.75) is 19.8 Å². The van der Waals surface area contributed by atoms with E-state index in [0.29, 0.717) is 17.1 Å². The fourth-order valence-corrected chi connectivity index (χ4v) is 2.29. The molecule has 2 aromatic rings. The van der Waals surface area contributed by atoms with E-state index in [4.69, 9.17) is 16.7 Å². The summed E-state index contributed by atoms with van der Waals surface area (Å²) in [6.45, 7) is 1.64. The van der Waals surface area contributed by atoms with Crippen LogP contribution in [0.3, 0.4) is 0 Å². The fraction of sp³-hybridized carbons (Fsp3) is 0.200. The van der Waals surface area contributed by atoms with Gasteiger partial charge in [0, 0.05) is 23.3 Å². The first-order chi connectivity index (χ1) is 9.99. The number of aromatic amines is 1. The third kappa shape index (κ3) is 3.64. The summed E-state index contributed by atoms with van der Waals surface area (Å²) in [7, 11) is 0. The minimum atomic E-state index is -1.07. The molecule has 2 rings (SSSR count). The first-order valence-electron chi connectivity index (χ1n) is 6.43. The smallest absolute Gasteiger partial charge is 0.339 e. The van der Waals surface area contributed by atoms with Crippen molar-refractivity contribution in [2.75, 3.05) is 5.32 Å². The van der Waals surface area contributed by atoms with Crippen molar-refractivity contribution >= 4 is 29.2 Å². The number of H-pyrrole nitrogens is 1. The van der Waals surface area contributed by atoms with Gasteiger partial charge in [-0.05, 0) is 25.0 Å². The van der Waals surface area contributed by atoms with E-state index in [1.807, 2.05) is 18.2 Å². The lowest BCUT2D eigenvalue weighted by Crippen LogP contribution is -2.14. The second-order valence-corrected chi connectivity index (χ2v) is 5.05. The Kier molecular flexibility index (Phi) is 4.65. The van der Waals surface area contributed by atoms with Crippen LogP contribution in [0.1, 0.15) is 28.0 Å². The number of anilines is 1. The molecule has 0 bridgehead atoms. The van der Waals surface area contributed by atoms with E-state index in [1.54, 1.807) is 13.0 Å². The van der Waals surface area contributed by atoms with E-state index in [9.17, 15) is 9.59 Å². The van der Waals surface area contributed by atoms with Crippen LogP contribution in [-0.4, -0.2) is 22.0 Å². The molecule has 0 atom stereocenters. The number of amides is 1. The highest BCUT2D eigenvalue weighted by molar-refractivity contribution is 6.31. The zero-order chi connectivity index (χ0) is 15.4. The fourth-order valence-electron chi connectivity index (χ4n) is 2.06. The van der Waals surface area contributed by atoms with Crippen molar-refractivity contribution in [3.63, 3.8) is 0 Å². The molecular formula is C15H15ClN2O3. The third-order valence-electron chi connectivity index (χ3n) is 3.14. The molecule has 0 fully saturated rings. The van der Waals surface area contributed by atoms with Gasteiger partial charge in [0.2, 0.25) is 5.91 Å². The number of carbonyl (C=O) groups excluding carboxylic acids is 1. The Morgan fingerprint density at radius 1 is 1.33 bits per heavy atom. The number of aromatic nitrogens is 1. The lowest BCUT2D eigenvalue weighted by Gasteiger charge is -2.06. The number of benzene rings is 1. The Balaban J connectivity index is 2.00. The van der Waals surface area contributed by atoms with Crippen molar-refractivity contribution in [2.24, 2.45) is 0 Å². The second-order valence-electron chi connectivity index (χ2n) is 4.65. The van der Waals surface area contributed by atoms with Crippen LogP contribution in [0.5, 0.6) is 0 Å². The minimum absolute atomic E-state index is 0.0843. The molecule has 21 heavy (non-hydrogen) atoms. The maximum atomic E-state index is 11.9. The molecule has 0 radical (unpaired) electrons. The van der Waals surface area contributed by atoms with Gasteiger partial charge in [-0.25, -0.2) is 4.79 Å². The summed E-state index contributed by atoms with van der Waals surface area (Å²) in [6, 6.07) is 7.32. The summed E-state index contributed by atoms with van der Waals surface area (Å²) in [6.07, 6.45) is 2.20. The SMILES string of the molecule is Cc1[nH]cc(NC(=O)CCc2ccccc2Cl)c1C(=O)O. The molecule has 0 saturated carbocycles. The van der Waals surface area contributed by atoms with Crippen molar-refractivity contribution < 1.29 is 14.7 Å². The lowest BCUT2D eigenvalue weighted by molar-refractivity contribution is -0.116. The maximum Gasteiger partial charge on any atom is 0.339 e. The van der Waals surface area contributed by atoms with Gasteiger partial charge in [0.1, 0.15) is 5.56 Å². The van der Waals surface area contributed by atoms with Gasteiger partial charge in [0.25, 0.3) is 0 Å². The summed E-state index contributed by atoms with van der Waals surface area (Å²) in [5.41, 5.74) is 1.76. The van der Waals surface area contributed by atoms with E-state index in [1.165, 1.54) is 6.20 Å². The van der Waals surface area contributed by atoms with Gasteiger partial charge >= 0.3 is 5.97 Å². The van der Waals surface area contributed by atoms with Crippen LogP contribution in [0.25, 0.3) is 0 Å². The zero-order valence-electron chi connectivity index (χ0n) is 11.4. The normalized spacial score (nSPS) is 10.4. The number of hydrogen-bond acceptors (Lipinski definition) is 2. The highest BCUT2D eigenvalue weighted by atomic mass is 35.5. The van der Waals surface area contributed by atoms with Gasteiger partial charge in [-0.3, -0.25) is 4.79 Å². The summed E-state index contributed by atoms with van der Waals surface area (Å²) in [5, 5.41) is 12.3. The number of carboxylic acids is 1. The number of rotatable bonds is 5. The van der Waals surface area contributed by atoms with Gasteiger partial charge in [-0.15, -0.1) is 0 Å². The second kappa shape index (κ2) is 6.45. The average molecular weight is 307 g/mol. The van der Waals surface area contributed by atoms with Crippen LogP contribution in [0, 0.1) is 6.92 Å². The summed E-state index contributed by atoms with van der Waals surface area (Å²) < 4.78 is 0. The maximum absolute atomic E-state index is 11.9. The molecule has 1 heterocycles. The molecule has 1 aromatic heterocycles. The predicted molar refractivity (Wildman–Crippen MR) is 80.9 cm³/mol. The standard InChI is InChI=1S/C15H15ClN2O3/c1-9-14(15(20)21)12(8-17-9)18-13(19)7-6-10-4-2-3-5-11(10)16/h2-5,8,17H,6-7H2,1H3,(H,18,19)(H,20,21). The molecule has 6 heteroatoms. The first-order valence-corrected chi connectivity index (χ1v) is 6.81. The van der Waals surface area contributed by atoms with E-state index in [-0.39, 0.29) is 23.6 Å². The van der Waals surface area contributed by atoms with Crippen LogP contribution < -0.4 is 5.32 Å². The Morgan fingerprint density at radius 2 is 2.05 bits per heavy atom. The van der Waals surface area contributed by atoms with E-state index in [2.05, 4.69) is 10.3 Å². The van der Waals surface area contributed by atoms with Gasteiger partial charge in [0.05, 0.1) is 5.69 Å². The van der Waals surface area contributed by atoms with E-state index in [0.717, 1.165) is 5.56 Å². The van der Waals surface area contributed by atoms with Crippen LogP contribution in [-0.2, 0) is 11.2 Å². The number of aryl methyl sites for hydroxylation is 2. The highest BCUT2D eigenvalue weighted by Gasteiger charge is 2.17. The molecule has 1 amide bonds. The van der Waals surface area contributed by atoms with Gasteiger partial charge < -0.3 is 15.4 Å². The first kappa shape index (κ1) is 15.1. The predicted octanol–water partition coefficient (Wildman–Crippen LogP) is 3.25. The number of hydrogen-bond donors (Lipinski definition) is 3. The number of halogens is 1. The number of aromatic carboxylic acids is 1. The zero-order valence-corrected chi connectivity index (χ0v) is 12.2. The third-order valence-corrected chi connectivity index (χ3v) is 3.51. The highest BCUT2D eigenvalue weighted by Crippen LogP contribution is 2.20. The average Bonchev–Trinajstić information content (AvgIpc) is 2.79. The number of nitrogens with one attached hydrogen (secondary N) is 2. The molecule has 0 aliphatic heterocycles. The summed E-state index contributed by atoms with van der Waals surface area (Å²) >= 11 is 6.02. The Morgan fingerprint density at radius 3 is 2.71 bits per heavy atom. The van der Waals surface area contributed by atoms with Crippen molar-refractivity contribution in [1.82, 2.24) is 4.98 Å². The van der Waals surface area contributed by atoms with Gasteiger partial charge in [-0.1, -0.05) is 29.8 Å².